The first-order valence-corrected chi connectivity index (χ1v) is 17.9. The van der Waals surface area contributed by atoms with E-state index in [9.17, 15) is 18.0 Å². The van der Waals surface area contributed by atoms with Gasteiger partial charge >= 0.3 is 0 Å². The summed E-state index contributed by atoms with van der Waals surface area (Å²) in [6.07, 6.45) is 5.66. The van der Waals surface area contributed by atoms with E-state index in [1.807, 2.05) is 37.3 Å². The number of amides is 2. The van der Waals surface area contributed by atoms with Crippen LogP contribution in [0.2, 0.25) is 10.0 Å². The summed E-state index contributed by atoms with van der Waals surface area (Å²) in [7, 11) is -3.63. The zero-order valence-corrected chi connectivity index (χ0v) is 28.1. The minimum atomic E-state index is -3.63. The van der Waals surface area contributed by atoms with Crippen molar-refractivity contribution >= 4 is 50.7 Å². The molecule has 3 aromatic carbocycles. The van der Waals surface area contributed by atoms with Gasteiger partial charge in [-0.05, 0) is 73.7 Å². The Balaban J connectivity index is 1.59. The molecule has 2 amide bonds. The molecule has 1 N–H and O–H groups in total. The van der Waals surface area contributed by atoms with Crippen molar-refractivity contribution < 1.29 is 22.7 Å². The van der Waals surface area contributed by atoms with Gasteiger partial charge < -0.3 is 15.0 Å². The largest absolute Gasteiger partial charge is 0.494 e. The molecule has 4 rings (SSSR count). The molecule has 1 atom stereocenters. The molecule has 1 saturated carbocycles. The smallest absolute Gasteiger partial charge is 0.243 e. The topological polar surface area (TPSA) is 96.0 Å². The first-order valence-electron chi connectivity index (χ1n) is 15.3. The lowest BCUT2D eigenvalue weighted by atomic mass is 10.0. The van der Waals surface area contributed by atoms with Crippen LogP contribution < -0.4 is 14.4 Å². The number of halogens is 2. The van der Waals surface area contributed by atoms with Crippen molar-refractivity contribution in [2.45, 2.75) is 70.5 Å². The summed E-state index contributed by atoms with van der Waals surface area (Å²) in [5.74, 6) is 0.154. The lowest BCUT2D eigenvalue weighted by Crippen LogP contribution is -2.52. The van der Waals surface area contributed by atoms with Gasteiger partial charge in [0, 0.05) is 42.0 Å². The molecule has 242 valence electrons. The van der Waals surface area contributed by atoms with Crippen LogP contribution in [0, 0.1) is 0 Å². The zero-order valence-electron chi connectivity index (χ0n) is 25.8. The van der Waals surface area contributed by atoms with Crippen molar-refractivity contribution in [3.63, 3.8) is 0 Å². The van der Waals surface area contributed by atoms with Gasteiger partial charge in [-0.2, -0.15) is 0 Å². The molecule has 11 heteroatoms. The molecule has 3 aromatic rings. The predicted octanol–water partition coefficient (Wildman–Crippen LogP) is 6.64. The van der Waals surface area contributed by atoms with Crippen molar-refractivity contribution in [2.75, 3.05) is 23.7 Å². The zero-order chi connectivity index (χ0) is 32.4. The van der Waals surface area contributed by atoms with E-state index in [1.54, 1.807) is 47.4 Å². The lowest BCUT2D eigenvalue weighted by molar-refractivity contribution is -0.141. The summed E-state index contributed by atoms with van der Waals surface area (Å²) in [4.78, 5) is 29.5. The lowest BCUT2D eigenvalue weighted by Gasteiger charge is -2.33. The third kappa shape index (κ3) is 10.1. The number of hydrogen-bond donors (Lipinski definition) is 1. The van der Waals surface area contributed by atoms with E-state index in [1.165, 1.54) is 4.31 Å². The quantitative estimate of drug-likeness (QED) is 0.195. The molecule has 0 heterocycles. The predicted molar refractivity (Wildman–Crippen MR) is 180 cm³/mol. The number of sulfonamides is 1. The Labute approximate surface area is 276 Å². The first-order chi connectivity index (χ1) is 21.5. The van der Waals surface area contributed by atoms with Crippen LogP contribution in [0.3, 0.4) is 0 Å². The molecule has 0 bridgehead atoms. The van der Waals surface area contributed by atoms with Gasteiger partial charge in [0.25, 0.3) is 0 Å². The van der Waals surface area contributed by atoms with E-state index < -0.39 is 16.1 Å². The van der Waals surface area contributed by atoms with E-state index in [2.05, 4.69) is 5.32 Å². The van der Waals surface area contributed by atoms with Crippen LogP contribution in [0.25, 0.3) is 0 Å². The summed E-state index contributed by atoms with van der Waals surface area (Å²) in [6, 6.07) is 20.8. The molecule has 1 aliphatic carbocycles. The Morgan fingerprint density at radius 2 is 1.69 bits per heavy atom. The summed E-state index contributed by atoms with van der Waals surface area (Å²) < 4.78 is 32.3. The number of ether oxygens (including phenoxy) is 1. The maximum absolute atomic E-state index is 14.1. The molecule has 8 nitrogen and oxygen atoms in total. The molecule has 1 fully saturated rings. The molecule has 0 aliphatic heterocycles. The minimum absolute atomic E-state index is 0.0241. The van der Waals surface area contributed by atoms with Crippen LogP contribution in [-0.2, 0) is 32.6 Å². The molecule has 45 heavy (non-hydrogen) atoms. The second-order valence-corrected chi connectivity index (χ2v) is 14.1. The van der Waals surface area contributed by atoms with Gasteiger partial charge in [0.2, 0.25) is 21.8 Å². The van der Waals surface area contributed by atoms with Crippen LogP contribution in [0.1, 0.15) is 56.6 Å². The van der Waals surface area contributed by atoms with Crippen molar-refractivity contribution in [1.82, 2.24) is 10.2 Å². The summed E-state index contributed by atoms with van der Waals surface area (Å²) >= 11 is 12.7. The van der Waals surface area contributed by atoms with E-state index in [-0.39, 0.29) is 43.8 Å². The second kappa shape index (κ2) is 16.3. The van der Waals surface area contributed by atoms with Crippen molar-refractivity contribution in [3.05, 3.63) is 94.0 Å². The van der Waals surface area contributed by atoms with Gasteiger partial charge in [-0.3, -0.25) is 13.9 Å². The third-order valence-electron chi connectivity index (χ3n) is 7.92. The maximum Gasteiger partial charge on any atom is 0.243 e. The minimum Gasteiger partial charge on any atom is -0.494 e. The molecule has 0 radical (unpaired) electrons. The Bertz CT molecular complexity index is 1530. The Kier molecular flexibility index (Phi) is 12.6. The Morgan fingerprint density at radius 3 is 2.31 bits per heavy atom. The second-order valence-electron chi connectivity index (χ2n) is 11.3. The van der Waals surface area contributed by atoms with E-state index in [0.29, 0.717) is 40.1 Å². The van der Waals surface area contributed by atoms with Crippen molar-refractivity contribution in [3.8, 4) is 5.75 Å². The van der Waals surface area contributed by atoms with Gasteiger partial charge in [-0.25, -0.2) is 8.42 Å². The van der Waals surface area contributed by atoms with Gasteiger partial charge in [-0.1, -0.05) is 72.4 Å². The SMILES string of the molecule is CCOc1ccc(N(CCCC(=O)N(Cc2ccc(Cl)cc2Cl)[C@H](Cc2ccccc2)C(=O)NC2CCCC2)S(C)(=O)=O)cc1. The van der Waals surface area contributed by atoms with Crippen molar-refractivity contribution in [2.24, 2.45) is 0 Å². The molecule has 0 aromatic heterocycles. The van der Waals surface area contributed by atoms with Gasteiger partial charge in [0.15, 0.2) is 0 Å². The molecular formula is C34H41Cl2N3O5S. The molecular weight excluding hydrogens is 633 g/mol. The fourth-order valence-electron chi connectivity index (χ4n) is 5.63. The van der Waals surface area contributed by atoms with Crippen LogP contribution in [0.5, 0.6) is 5.75 Å². The first kappa shape index (κ1) is 34.6. The standard InChI is InChI=1S/C34H41Cl2N3O5S/c1-3-44-30-19-17-29(18-20-30)39(45(2,42)43)21-9-14-33(40)38(24-26-15-16-27(35)23-31(26)36)32(22-25-10-5-4-6-11-25)34(41)37-28-12-7-8-13-28/h4-6,10-11,15-20,23,28,32H,3,7-9,12-14,21-22,24H2,1-2H3,(H,37,41)/t32-/m1/s1. The molecule has 0 spiro atoms. The number of nitrogens with one attached hydrogen (secondary N) is 1. The Morgan fingerprint density at radius 1 is 1.00 bits per heavy atom. The number of carbonyl (C=O) groups is 2. The number of benzene rings is 3. The summed E-state index contributed by atoms with van der Waals surface area (Å²) in [5.41, 5.74) is 2.06. The van der Waals surface area contributed by atoms with Gasteiger partial charge in [0.05, 0.1) is 18.6 Å². The number of anilines is 1. The molecule has 0 unspecified atom stereocenters. The number of carbonyl (C=O) groups excluding carboxylic acids is 2. The third-order valence-corrected chi connectivity index (χ3v) is 9.70. The highest BCUT2D eigenvalue weighted by atomic mass is 35.5. The Hall–Kier alpha value is -3.27. The average Bonchev–Trinajstić information content (AvgIpc) is 3.51. The average molecular weight is 675 g/mol. The highest BCUT2D eigenvalue weighted by Crippen LogP contribution is 2.26. The monoisotopic (exact) mass is 673 g/mol. The van der Waals surface area contributed by atoms with E-state index in [4.69, 9.17) is 27.9 Å². The van der Waals surface area contributed by atoms with Crippen LogP contribution in [0.15, 0.2) is 72.8 Å². The van der Waals surface area contributed by atoms with E-state index >= 15 is 0 Å². The number of nitrogens with zero attached hydrogens (tertiary/aromatic N) is 2. The fraction of sp³-hybridized carbons (Fsp3) is 0.412. The van der Waals surface area contributed by atoms with Gasteiger partial charge in [0.1, 0.15) is 11.8 Å². The highest BCUT2D eigenvalue weighted by Gasteiger charge is 2.32. The highest BCUT2D eigenvalue weighted by molar-refractivity contribution is 7.92. The molecule has 0 saturated heterocycles. The van der Waals surface area contributed by atoms with E-state index in [0.717, 1.165) is 37.5 Å². The van der Waals surface area contributed by atoms with Crippen LogP contribution in [-0.4, -0.2) is 56.6 Å². The fourth-order valence-corrected chi connectivity index (χ4v) is 7.07. The molecule has 1 aliphatic rings. The maximum atomic E-state index is 14.1. The summed E-state index contributed by atoms with van der Waals surface area (Å²) in [5, 5.41) is 4.05. The normalized spacial score (nSPS) is 14.1. The van der Waals surface area contributed by atoms with Crippen molar-refractivity contribution in [1.29, 1.82) is 0 Å². The number of rotatable bonds is 15. The van der Waals surface area contributed by atoms with Crippen LogP contribution >= 0.6 is 23.2 Å². The number of hydrogen-bond acceptors (Lipinski definition) is 5. The summed E-state index contributed by atoms with van der Waals surface area (Å²) in [6.45, 7) is 2.56. The van der Waals surface area contributed by atoms with Gasteiger partial charge in [-0.15, -0.1) is 0 Å². The van der Waals surface area contributed by atoms with Crippen LogP contribution in [0.4, 0.5) is 5.69 Å².